The number of ether oxygens (including phenoxy) is 2. The number of hydrogen-bond donors (Lipinski definition) is 3. The molecule has 3 atom stereocenters. The van der Waals surface area contributed by atoms with Gasteiger partial charge in [0.25, 0.3) is 5.91 Å². The van der Waals surface area contributed by atoms with E-state index in [1.54, 1.807) is 26.8 Å². The second kappa shape index (κ2) is 12.8. The number of phenolic OH excluding ortho intramolecular Hbond substituents is 1. The number of carbonyl (C=O) groups excluding carboxylic acids is 4. The summed E-state index contributed by atoms with van der Waals surface area (Å²) in [5.41, 5.74) is 1.26. The molecule has 0 aromatic heterocycles. The molecule has 5 rings (SSSR count). The van der Waals surface area contributed by atoms with E-state index in [0.29, 0.717) is 11.3 Å². The first-order valence-corrected chi connectivity index (χ1v) is 15.1. The summed E-state index contributed by atoms with van der Waals surface area (Å²) in [5, 5.41) is 14.5. The monoisotopic (exact) mass is 615 g/mol. The van der Waals surface area contributed by atoms with Gasteiger partial charge in [0.1, 0.15) is 34.5 Å². The molecule has 2 aliphatic rings. The predicted molar refractivity (Wildman–Crippen MR) is 164 cm³/mol. The molecule has 10 nitrogen and oxygen atoms in total. The van der Waals surface area contributed by atoms with Crippen molar-refractivity contribution in [1.82, 2.24) is 15.5 Å². The standard InChI is InChI=1S/C33H33N3O7S/c1-33(2,3)43-32(41)35-25(20-14-16-23(37)17-15-20)28(38)34-26-29(39)36-24(18-19-44-30(26)36)31(40)42-27(21-10-6-4-7-11-21)22-12-8-5-9-13-22/h4-18,25-27,30,37H,19H2,1-3H3,(H,34,38)(H,35,41)/t25-,26-,30-/m1/s1. The maximum atomic E-state index is 13.5. The molecule has 0 saturated carbocycles. The number of nitrogens with one attached hydrogen (secondary N) is 2. The maximum Gasteiger partial charge on any atom is 0.408 e. The summed E-state index contributed by atoms with van der Waals surface area (Å²) in [4.78, 5) is 54.3. The minimum absolute atomic E-state index is 0.0124. The lowest BCUT2D eigenvalue weighted by Crippen LogP contribution is -2.70. The predicted octanol–water partition coefficient (Wildman–Crippen LogP) is 4.57. The normalized spacial score (nSPS) is 18.3. The fourth-order valence-electron chi connectivity index (χ4n) is 4.91. The molecule has 1 saturated heterocycles. The second-order valence-corrected chi connectivity index (χ2v) is 12.4. The highest BCUT2D eigenvalue weighted by molar-refractivity contribution is 8.00. The van der Waals surface area contributed by atoms with Crippen LogP contribution < -0.4 is 10.6 Å². The first kappa shape index (κ1) is 30.7. The van der Waals surface area contributed by atoms with E-state index in [9.17, 15) is 24.3 Å². The van der Waals surface area contributed by atoms with Gasteiger partial charge in [-0.05, 0) is 55.7 Å². The first-order valence-electron chi connectivity index (χ1n) is 14.1. The molecule has 0 radical (unpaired) electrons. The molecule has 3 N–H and O–H groups in total. The molecular weight excluding hydrogens is 582 g/mol. The van der Waals surface area contributed by atoms with E-state index in [1.165, 1.54) is 40.9 Å². The van der Waals surface area contributed by atoms with Gasteiger partial charge in [0, 0.05) is 5.75 Å². The second-order valence-electron chi connectivity index (χ2n) is 11.3. The fraction of sp³-hybridized carbons (Fsp3) is 0.273. The summed E-state index contributed by atoms with van der Waals surface area (Å²) < 4.78 is 11.3. The highest BCUT2D eigenvalue weighted by atomic mass is 32.2. The average Bonchev–Trinajstić information content (AvgIpc) is 3.01. The molecule has 2 heterocycles. The van der Waals surface area contributed by atoms with E-state index in [4.69, 9.17) is 9.47 Å². The zero-order valence-corrected chi connectivity index (χ0v) is 25.2. The molecular formula is C33H33N3O7S. The van der Waals surface area contributed by atoms with Gasteiger partial charge in [-0.15, -0.1) is 11.8 Å². The quantitative estimate of drug-likeness (QED) is 0.248. The Kier molecular flexibility index (Phi) is 8.96. The molecule has 3 aromatic carbocycles. The van der Waals surface area contributed by atoms with Crippen LogP contribution in [0.1, 0.15) is 49.6 Å². The summed E-state index contributed by atoms with van der Waals surface area (Å²) >= 11 is 1.39. The highest BCUT2D eigenvalue weighted by Crippen LogP contribution is 2.39. The fourth-order valence-corrected chi connectivity index (χ4v) is 6.10. The van der Waals surface area contributed by atoms with Gasteiger partial charge in [-0.25, -0.2) is 9.59 Å². The van der Waals surface area contributed by atoms with Crippen LogP contribution in [0.15, 0.2) is 96.7 Å². The number of amides is 3. The van der Waals surface area contributed by atoms with E-state index in [0.717, 1.165) is 11.1 Å². The summed E-state index contributed by atoms with van der Waals surface area (Å²) in [6.07, 6.45) is 0.143. The smallest absolute Gasteiger partial charge is 0.408 e. The minimum Gasteiger partial charge on any atom is -0.508 e. The lowest BCUT2D eigenvalue weighted by molar-refractivity contribution is -0.154. The topological polar surface area (TPSA) is 134 Å². The molecule has 2 aliphatic heterocycles. The number of hydrogen-bond acceptors (Lipinski definition) is 8. The number of fused-ring (bicyclic) bond motifs is 1. The van der Waals surface area contributed by atoms with Crippen LogP contribution in [0.4, 0.5) is 4.79 Å². The van der Waals surface area contributed by atoms with Gasteiger partial charge >= 0.3 is 12.1 Å². The molecule has 0 unspecified atom stereocenters. The molecule has 11 heteroatoms. The molecule has 44 heavy (non-hydrogen) atoms. The zero-order valence-electron chi connectivity index (χ0n) is 24.4. The largest absolute Gasteiger partial charge is 0.508 e. The third-order valence-electron chi connectivity index (χ3n) is 6.93. The lowest BCUT2D eigenvalue weighted by atomic mass is 10.0. The van der Waals surface area contributed by atoms with Crippen LogP contribution >= 0.6 is 11.8 Å². The zero-order chi connectivity index (χ0) is 31.4. The van der Waals surface area contributed by atoms with Gasteiger partial charge in [0.15, 0.2) is 6.10 Å². The Morgan fingerprint density at radius 1 is 0.909 bits per heavy atom. The SMILES string of the molecule is CC(C)(C)OC(=O)N[C@@H](C(=O)N[C@@H]1C(=O)N2C(C(=O)OC(c3ccccc3)c3ccccc3)=CCS[C@H]12)c1ccc(O)cc1. The van der Waals surface area contributed by atoms with Crippen molar-refractivity contribution in [2.24, 2.45) is 0 Å². The van der Waals surface area contributed by atoms with Crippen molar-refractivity contribution >= 4 is 35.6 Å². The van der Waals surface area contributed by atoms with Crippen LogP contribution in [0.2, 0.25) is 0 Å². The van der Waals surface area contributed by atoms with E-state index in [2.05, 4.69) is 10.6 Å². The number of β-lactam (4-membered cyclic amide) rings is 1. The molecule has 3 amide bonds. The van der Waals surface area contributed by atoms with Gasteiger partial charge in [0.2, 0.25) is 5.91 Å². The van der Waals surface area contributed by atoms with E-state index in [1.807, 2.05) is 60.7 Å². The number of thioether (sulfide) groups is 1. The number of benzene rings is 3. The minimum atomic E-state index is -1.21. The first-order chi connectivity index (χ1) is 21.0. The number of rotatable bonds is 8. The Balaban J connectivity index is 1.30. The lowest BCUT2D eigenvalue weighted by Gasteiger charge is -2.48. The average molecular weight is 616 g/mol. The Hall–Kier alpha value is -4.77. The van der Waals surface area contributed by atoms with Crippen molar-refractivity contribution in [3.8, 4) is 5.75 Å². The molecule has 0 spiro atoms. The van der Waals surface area contributed by atoms with Gasteiger partial charge in [-0.1, -0.05) is 72.8 Å². The Labute approximate surface area is 259 Å². The molecule has 0 bridgehead atoms. The van der Waals surface area contributed by atoms with Gasteiger partial charge in [-0.3, -0.25) is 14.5 Å². The third-order valence-corrected chi connectivity index (χ3v) is 8.12. The molecule has 1 fully saturated rings. The summed E-state index contributed by atoms with van der Waals surface area (Å²) in [7, 11) is 0. The number of nitrogens with zero attached hydrogens (tertiary/aromatic N) is 1. The van der Waals surface area contributed by atoms with Crippen molar-refractivity contribution in [2.75, 3.05) is 5.75 Å². The Bertz CT molecular complexity index is 1520. The number of aromatic hydroxyl groups is 1. The number of carbonyl (C=O) groups is 4. The van der Waals surface area contributed by atoms with Crippen molar-refractivity contribution in [1.29, 1.82) is 0 Å². The molecule has 0 aliphatic carbocycles. The molecule has 3 aromatic rings. The van der Waals surface area contributed by atoms with Gasteiger partial charge < -0.3 is 25.2 Å². The van der Waals surface area contributed by atoms with E-state index < -0.39 is 53.0 Å². The van der Waals surface area contributed by atoms with Gasteiger partial charge in [0.05, 0.1) is 0 Å². The van der Waals surface area contributed by atoms with E-state index >= 15 is 0 Å². The third kappa shape index (κ3) is 6.89. The van der Waals surface area contributed by atoms with Crippen molar-refractivity contribution in [3.05, 3.63) is 113 Å². The van der Waals surface area contributed by atoms with Crippen LogP contribution in [0.3, 0.4) is 0 Å². The van der Waals surface area contributed by atoms with Gasteiger partial charge in [-0.2, -0.15) is 0 Å². The summed E-state index contributed by atoms with van der Waals surface area (Å²) in [5.74, 6) is -1.37. The Morgan fingerprint density at radius 2 is 1.50 bits per heavy atom. The van der Waals surface area contributed by atoms with Crippen LogP contribution in [-0.4, -0.2) is 56.7 Å². The highest BCUT2D eigenvalue weighted by Gasteiger charge is 2.53. The van der Waals surface area contributed by atoms with Crippen LogP contribution in [-0.2, 0) is 23.9 Å². The number of phenols is 1. The molecule has 228 valence electrons. The summed E-state index contributed by atoms with van der Waals surface area (Å²) in [6, 6.07) is 22.3. The van der Waals surface area contributed by atoms with Crippen molar-refractivity contribution in [2.45, 2.75) is 49.9 Å². The maximum absolute atomic E-state index is 13.5. The number of alkyl carbamates (subject to hydrolysis) is 1. The number of esters is 1. The van der Waals surface area contributed by atoms with Crippen molar-refractivity contribution < 1.29 is 33.8 Å². The van der Waals surface area contributed by atoms with Crippen LogP contribution in [0.5, 0.6) is 5.75 Å². The van der Waals surface area contributed by atoms with Crippen LogP contribution in [0, 0.1) is 0 Å². The van der Waals surface area contributed by atoms with Crippen LogP contribution in [0.25, 0.3) is 0 Å². The van der Waals surface area contributed by atoms with E-state index in [-0.39, 0.29) is 11.4 Å². The summed E-state index contributed by atoms with van der Waals surface area (Å²) in [6.45, 7) is 5.09. The van der Waals surface area contributed by atoms with Crippen molar-refractivity contribution in [3.63, 3.8) is 0 Å². The Morgan fingerprint density at radius 3 is 2.07 bits per heavy atom.